The zero-order chi connectivity index (χ0) is 17.4. The molecule has 124 valence electrons. The average Bonchev–Trinajstić information content (AvgIpc) is 3.11. The van der Waals surface area contributed by atoms with E-state index in [-0.39, 0.29) is 11.6 Å². The molecule has 5 nitrogen and oxygen atoms in total. The smallest absolute Gasteiger partial charge is 0.262 e. The summed E-state index contributed by atoms with van der Waals surface area (Å²) in [7, 11) is 0. The maximum atomic E-state index is 12.3. The summed E-state index contributed by atoms with van der Waals surface area (Å²) >= 11 is 0. The van der Waals surface area contributed by atoms with Crippen molar-refractivity contribution in [1.29, 1.82) is 5.26 Å². The number of aryl methyl sites for hydroxylation is 1. The van der Waals surface area contributed by atoms with E-state index in [1.54, 1.807) is 12.3 Å². The van der Waals surface area contributed by atoms with Gasteiger partial charge in [-0.25, -0.2) is 0 Å². The molecule has 0 spiro atoms. The molecule has 0 saturated heterocycles. The standard InChI is InChI=1S/C19H22N4O/c1-3-4-6-15-7-5-8-16(11-15)14(2)22-19(24)17(13-20)12-18-9-10-21-23-18/h5,7-12,14H,3-4,6H2,1-2H3,(H,21,23)(H,22,24)/b17-12+. The molecule has 0 aliphatic rings. The highest BCUT2D eigenvalue weighted by Gasteiger charge is 2.14. The van der Waals surface area contributed by atoms with Crippen LogP contribution in [-0.2, 0) is 11.2 Å². The third-order valence-electron chi connectivity index (χ3n) is 3.80. The van der Waals surface area contributed by atoms with Crippen LogP contribution in [0.15, 0.2) is 42.1 Å². The van der Waals surface area contributed by atoms with Crippen molar-refractivity contribution < 1.29 is 4.79 Å². The number of rotatable bonds is 7. The van der Waals surface area contributed by atoms with Gasteiger partial charge in [0.1, 0.15) is 11.6 Å². The zero-order valence-corrected chi connectivity index (χ0v) is 14.0. The van der Waals surface area contributed by atoms with Crippen LogP contribution in [0.5, 0.6) is 0 Å². The molecule has 1 heterocycles. The summed E-state index contributed by atoms with van der Waals surface area (Å²) in [5.41, 5.74) is 2.98. The number of H-pyrrole nitrogens is 1. The van der Waals surface area contributed by atoms with Gasteiger partial charge in [0.15, 0.2) is 0 Å². The number of hydrogen-bond donors (Lipinski definition) is 2. The zero-order valence-electron chi connectivity index (χ0n) is 14.0. The lowest BCUT2D eigenvalue weighted by atomic mass is 10.0. The highest BCUT2D eigenvalue weighted by atomic mass is 16.1. The van der Waals surface area contributed by atoms with Crippen LogP contribution >= 0.6 is 0 Å². The second kappa shape index (κ2) is 8.68. The Balaban J connectivity index is 2.06. The van der Waals surface area contributed by atoms with Crippen LogP contribution in [0.2, 0.25) is 0 Å². The Morgan fingerprint density at radius 1 is 1.46 bits per heavy atom. The van der Waals surface area contributed by atoms with Crippen LogP contribution in [0.4, 0.5) is 0 Å². The Bertz CT molecular complexity index is 741. The Morgan fingerprint density at radius 2 is 2.29 bits per heavy atom. The molecule has 0 aliphatic heterocycles. The number of hydrogen-bond acceptors (Lipinski definition) is 3. The van der Waals surface area contributed by atoms with Gasteiger partial charge in [0.2, 0.25) is 0 Å². The van der Waals surface area contributed by atoms with Crippen LogP contribution < -0.4 is 5.32 Å². The third kappa shape index (κ3) is 4.82. The van der Waals surface area contributed by atoms with Crippen molar-refractivity contribution in [3.63, 3.8) is 0 Å². The maximum absolute atomic E-state index is 12.3. The maximum Gasteiger partial charge on any atom is 0.262 e. The van der Waals surface area contributed by atoms with Gasteiger partial charge < -0.3 is 5.32 Å². The number of aromatic amines is 1. The fraction of sp³-hybridized carbons (Fsp3) is 0.316. The van der Waals surface area contributed by atoms with Crippen molar-refractivity contribution in [3.8, 4) is 6.07 Å². The summed E-state index contributed by atoms with van der Waals surface area (Å²) in [6, 6.07) is 11.7. The quantitative estimate of drug-likeness (QED) is 0.604. The summed E-state index contributed by atoms with van der Waals surface area (Å²) < 4.78 is 0. The summed E-state index contributed by atoms with van der Waals surface area (Å²) in [6.45, 7) is 4.09. The van der Waals surface area contributed by atoms with Crippen molar-refractivity contribution >= 4 is 12.0 Å². The molecule has 5 heteroatoms. The van der Waals surface area contributed by atoms with E-state index in [4.69, 9.17) is 0 Å². The van der Waals surface area contributed by atoms with E-state index in [2.05, 4.69) is 34.6 Å². The van der Waals surface area contributed by atoms with E-state index in [9.17, 15) is 10.1 Å². The number of benzene rings is 1. The molecule has 2 aromatic rings. The predicted molar refractivity (Wildman–Crippen MR) is 93.8 cm³/mol. The number of nitrogens with one attached hydrogen (secondary N) is 2. The first-order valence-electron chi connectivity index (χ1n) is 8.15. The van der Waals surface area contributed by atoms with E-state index in [0.717, 1.165) is 24.8 Å². The summed E-state index contributed by atoms with van der Waals surface area (Å²) in [4.78, 5) is 12.3. The van der Waals surface area contributed by atoms with Crippen LogP contribution in [0.1, 0.15) is 49.6 Å². The average molecular weight is 322 g/mol. The molecular formula is C19H22N4O. The number of nitriles is 1. The van der Waals surface area contributed by atoms with Crippen molar-refractivity contribution in [2.75, 3.05) is 0 Å². The van der Waals surface area contributed by atoms with Crippen LogP contribution in [0.25, 0.3) is 6.08 Å². The van der Waals surface area contributed by atoms with Gasteiger partial charge in [-0.2, -0.15) is 10.4 Å². The summed E-state index contributed by atoms with van der Waals surface area (Å²) in [5.74, 6) is -0.390. The Kier molecular flexibility index (Phi) is 6.32. The number of carbonyl (C=O) groups excluding carboxylic acids is 1. The minimum atomic E-state index is -0.390. The monoisotopic (exact) mass is 322 g/mol. The lowest BCUT2D eigenvalue weighted by Gasteiger charge is -2.15. The molecule has 0 bridgehead atoms. The van der Waals surface area contributed by atoms with Crippen LogP contribution in [0, 0.1) is 11.3 Å². The van der Waals surface area contributed by atoms with Crippen molar-refractivity contribution in [2.24, 2.45) is 0 Å². The van der Waals surface area contributed by atoms with Gasteiger partial charge in [-0.05, 0) is 43.0 Å². The number of unbranched alkanes of at least 4 members (excludes halogenated alkanes) is 1. The van der Waals surface area contributed by atoms with Crippen molar-refractivity contribution in [2.45, 2.75) is 39.2 Å². The summed E-state index contributed by atoms with van der Waals surface area (Å²) in [6.07, 6.45) is 6.40. The molecule has 1 aromatic heterocycles. The third-order valence-corrected chi connectivity index (χ3v) is 3.80. The molecule has 0 radical (unpaired) electrons. The summed E-state index contributed by atoms with van der Waals surface area (Å²) in [5, 5.41) is 18.6. The van der Waals surface area contributed by atoms with E-state index in [1.807, 2.05) is 25.1 Å². The van der Waals surface area contributed by atoms with Gasteiger partial charge in [0.25, 0.3) is 5.91 Å². The topological polar surface area (TPSA) is 81.6 Å². The predicted octanol–water partition coefficient (Wildman–Crippen LogP) is 3.54. The lowest BCUT2D eigenvalue weighted by Crippen LogP contribution is -2.27. The minimum Gasteiger partial charge on any atom is -0.345 e. The Hall–Kier alpha value is -2.87. The number of nitrogens with zero attached hydrogens (tertiary/aromatic N) is 2. The van der Waals surface area contributed by atoms with E-state index in [1.165, 1.54) is 11.6 Å². The molecule has 1 atom stereocenters. The van der Waals surface area contributed by atoms with Crippen molar-refractivity contribution in [3.05, 3.63) is 58.9 Å². The molecular weight excluding hydrogens is 300 g/mol. The van der Waals surface area contributed by atoms with E-state index < -0.39 is 5.91 Å². The fourth-order valence-corrected chi connectivity index (χ4v) is 2.41. The lowest BCUT2D eigenvalue weighted by molar-refractivity contribution is -0.117. The van der Waals surface area contributed by atoms with Crippen LogP contribution in [-0.4, -0.2) is 16.1 Å². The molecule has 1 unspecified atom stereocenters. The normalized spacial score (nSPS) is 12.5. The second-order valence-electron chi connectivity index (χ2n) is 5.73. The van der Waals surface area contributed by atoms with Gasteiger partial charge in [-0.15, -0.1) is 0 Å². The fourth-order valence-electron chi connectivity index (χ4n) is 2.41. The van der Waals surface area contributed by atoms with E-state index >= 15 is 0 Å². The molecule has 24 heavy (non-hydrogen) atoms. The molecule has 0 fully saturated rings. The minimum absolute atomic E-state index is 0.0493. The van der Waals surface area contributed by atoms with Gasteiger partial charge in [-0.3, -0.25) is 9.89 Å². The first-order valence-corrected chi connectivity index (χ1v) is 8.15. The second-order valence-corrected chi connectivity index (χ2v) is 5.73. The number of carbonyl (C=O) groups is 1. The first kappa shape index (κ1) is 17.5. The molecule has 1 amide bonds. The highest BCUT2D eigenvalue weighted by molar-refractivity contribution is 6.01. The van der Waals surface area contributed by atoms with Crippen molar-refractivity contribution in [1.82, 2.24) is 15.5 Å². The highest BCUT2D eigenvalue weighted by Crippen LogP contribution is 2.16. The Labute approximate surface area is 142 Å². The molecule has 2 rings (SSSR count). The van der Waals surface area contributed by atoms with Crippen LogP contribution in [0.3, 0.4) is 0 Å². The number of aromatic nitrogens is 2. The molecule has 1 aromatic carbocycles. The van der Waals surface area contributed by atoms with Gasteiger partial charge in [0.05, 0.1) is 11.7 Å². The van der Waals surface area contributed by atoms with Gasteiger partial charge in [-0.1, -0.05) is 37.6 Å². The number of amides is 1. The first-order chi connectivity index (χ1) is 11.6. The molecule has 0 aliphatic carbocycles. The molecule has 0 saturated carbocycles. The SMILES string of the molecule is CCCCc1cccc(C(C)NC(=O)/C(C#N)=C/c2ccn[nH]2)c1. The van der Waals surface area contributed by atoms with E-state index in [0.29, 0.717) is 5.69 Å². The molecule has 2 N–H and O–H groups in total. The largest absolute Gasteiger partial charge is 0.345 e. The van der Waals surface area contributed by atoms with Gasteiger partial charge >= 0.3 is 0 Å². The Morgan fingerprint density at radius 3 is 2.96 bits per heavy atom. The van der Waals surface area contributed by atoms with Gasteiger partial charge in [0, 0.05) is 6.20 Å².